The van der Waals surface area contributed by atoms with Crippen molar-refractivity contribution >= 4 is 17.8 Å². The molecule has 0 aliphatic carbocycles. The monoisotopic (exact) mass is 214 g/mol. The van der Waals surface area contributed by atoms with E-state index in [2.05, 4.69) is 15.0 Å². The van der Waals surface area contributed by atoms with E-state index < -0.39 is 12.0 Å². The number of carbonyl (C=O) groups is 2. The second kappa shape index (κ2) is 5.18. The van der Waals surface area contributed by atoms with Gasteiger partial charge in [0, 0.05) is 6.54 Å². The highest BCUT2D eigenvalue weighted by atomic mass is 16.5. The zero-order valence-corrected chi connectivity index (χ0v) is 8.23. The maximum Gasteiger partial charge on any atom is 0.329 e. The number of hydrogen-bond acceptors (Lipinski definition) is 4. The lowest BCUT2D eigenvalue weighted by atomic mass is 10.1. The summed E-state index contributed by atoms with van der Waals surface area (Å²) in [4.78, 5) is 25.8. The van der Waals surface area contributed by atoms with Crippen LogP contribution in [0.1, 0.15) is 12.8 Å². The first-order valence-corrected chi connectivity index (χ1v) is 4.61. The molecular weight excluding hydrogens is 200 g/mol. The van der Waals surface area contributed by atoms with Crippen molar-refractivity contribution in [2.24, 2.45) is 16.5 Å². The molecule has 0 bridgehead atoms. The van der Waals surface area contributed by atoms with Crippen LogP contribution in [0.25, 0.3) is 0 Å². The third kappa shape index (κ3) is 3.84. The van der Waals surface area contributed by atoms with E-state index in [9.17, 15) is 9.59 Å². The van der Waals surface area contributed by atoms with E-state index in [-0.39, 0.29) is 18.5 Å². The number of nitrogens with zero attached hydrogens (tertiary/aromatic N) is 1. The Kier molecular flexibility index (Phi) is 3.90. The number of amides is 1. The molecule has 1 amide bonds. The van der Waals surface area contributed by atoms with Gasteiger partial charge in [0.05, 0.1) is 0 Å². The average molecular weight is 214 g/mol. The molecule has 1 aliphatic heterocycles. The molecule has 0 aromatic heterocycles. The summed E-state index contributed by atoms with van der Waals surface area (Å²) in [5.74, 6) is -0.661. The van der Waals surface area contributed by atoms with Gasteiger partial charge in [-0.25, -0.2) is 4.79 Å². The van der Waals surface area contributed by atoms with Gasteiger partial charge in [0.25, 0.3) is 5.91 Å². The predicted molar refractivity (Wildman–Crippen MR) is 52.8 cm³/mol. The first kappa shape index (κ1) is 11.3. The minimum absolute atomic E-state index is 0.0188. The Hall–Kier alpha value is -1.79. The van der Waals surface area contributed by atoms with Crippen LogP contribution in [0.5, 0.6) is 0 Å². The maximum atomic E-state index is 11.1. The first-order valence-electron chi connectivity index (χ1n) is 4.61. The molecule has 7 nitrogen and oxygen atoms in total. The van der Waals surface area contributed by atoms with Crippen molar-refractivity contribution in [2.75, 3.05) is 13.2 Å². The fourth-order valence-corrected chi connectivity index (χ4v) is 1.23. The molecule has 1 fully saturated rings. The lowest BCUT2D eigenvalue weighted by molar-refractivity contribution is -0.157. The average Bonchev–Trinajstić information content (AvgIpc) is 2.17. The van der Waals surface area contributed by atoms with Crippen LogP contribution in [0.3, 0.4) is 0 Å². The van der Waals surface area contributed by atoms with E-state index >= 15 is 0 Å². The summed E-state index contributed by atoms with van der Waals surface area (Å²) in [6.07, 6.45) is 1.08. The third-order valence-corrected chi connectivity index (χ3v) is 1.91. The van der Waals surface area contributed by atoms with Crippen molar-refractivity contribution in [2.45, 2.75) is 18.9 Å². The molecule has 0 spiro atoms. The predicted octanol–water partition coefficient (Wildman–Crippen LogP) is -1.92. The second-order valence-corrected chi connectivity index (χ2v) is 3.18. The number of nitrogens with two attached hydrogens (primary N) is 2. The highest BCUT2D eigenvalue weighted by Crippen LogP contribution is 2.04. The fourth-order valence-electron chi connectivity index (χ4n) is 1.23. The smallest absolute Gasteiger partial charge is 0.329 e. The van der Waals surface area contributed by atoms with Crippen LogP contribution in [0.4, 0.5) is 0 Å². The van der Waals surface area contributed by atoms with Gasteiger partial charge in [-0.15, -0.1) is 0 Å². The number of carbonyl (C=O) groups excluding carboxylic acids is 2. The summed E-state index contributed by atoms with van der Waals surface area (Å²) >= 11 is 0. The van der Waals surface area contributed by atoms with Gasteiger partial charge in [-0.3, -0.25) is 9.79 Å². The van der Waals surface area contributed by atoms with Crippen molar-refractivity contribution in [3.63, 3.8) is 0 Å². The topological polar surface area (TPSA) is 120 Å². The molecule has 1 atom stereocenters. The number of guanidine groups is 1. The first-order chi connectivity index (χ1) is 7.09. The molecule has 84 valence electrons. The molecular formula is C8H14N4O3. The van der Waals surface area contributed by atoms with Gasteiger partial charge in [0.15, 0.2) is 12.6 Å². The molecule has 1 aliphatic rings. The van der Waals surface area contributed by atoms with Gasteiger partial charge in [-0.05, 0) is 12.8 Å². The summed E-state index contributed by atoms with van der Waals surface area (Å²) in [6.45, 7) is 0.241. The number of rotatable bonds is 4. The van der Waals surface area contributed by atoms with Crippen LogP contribution in [0.15, 0.2) is 4.99 Å². The number of esters is 1. The number of cyclic esters (lactones) is 1. The van der Waals surface area contributed by atoms with Crippen molar-refractivity contribution < 1.29 is 14.3 Å². The molecule has 0 aromatic rings. The molecule has 0 aromatic carbocycles. The van der Waals surface area contributed by atoms with Crippen molar-refractivity contribution in [3.05, 3.63) is 0 Å². The van der Waals surface area contributed by atoms with Crippen molar-refractivity contribution in [1.29, 1.82) is 0 Å². The Balaban J connectivity index is 2.27. The van der Waals surface area contributed by atoms with Gasteiger partial charge < -0.3 is 21.5 Å². The Labute approximate surface area is 86.8 Å². The quantitative estimate of drug-likeness (QED) is 0.218. The van der Waals surface area contributed by atoms with Crippen molar-refractivity contribution in [1.82, 2.24) is 5.32 Å². The molecule has 1 heterocycles. The van der Waals surface area contributed by atoms with E-state index in [1.54, 1.807) is 0 Å². The number of nitrogens with one attached hydrogen (secondary N) is 1. The Morgan fingerprint density at radius 3 is 2.93 bits per heavy atom. The van der Waals surface area contributed by atoms with Gasteiger partial charge in [0.2, 0.25) is 0 Å². The largest absolute Gasteiger partial charge is 0.454 e. The Morgan fingerprint density at radius 2 is 2.27 bits per heavy atom. The number of ether oxygens (including phenoxy) is 1. The van der Waals surface area contributed by atoms with Gasteiger partial charge in [-0.2, -0.15) is 0 Å². The van der Waals surface area contributed by atoms with Crippen LogP contribution in [-0.2, 0) is 14.3 Å². The molecule has 15 heavy (non-hydrogen) atoms. The van der Waals surface area contributed by atoms with Gasteiger partial charge >= 0.3 is 5.97 Å². The summed E-state index contributed by atoms with van der Waals surface area (Å²) in [6, 6.07) is -0.569. The Bertz CT molecular complexity index is 286. The minimum Gasteiger partial charge on any atom is -0.454 e. The lowest BCUT2D eigenvalue weighted by Crippen LogP contribution is -2.49. The molecule has 5 N–H and O–H groups in total. The van der Waals surface area contributed by atoms with Crippen LogP contribution in [-0.4, -0.2) is 37.0 Å². The summed E-state index contributed by atoms with van der Waals surface area (Å²) in [5.41, 5.74) is 10.3. The molecule has 1 rings (SSSR count). The molecule has 1 saturated heterocycles. The standard InChI is InChI=1S/C8H14N4O3/c9-8(10)11-3-1-2-5-7(14)15-4-6(13)12-5/h5H,1-4H2,(H,12,13)(H4,9,10,11)/t5-/m0/s1. The number of morpholine rings is 1. The summed E-state index contributed by atoms with van der Waals surface area (Å²) in [5, 5.41) is 2.53. The fraction of sp³-hybridized carbons (Fsp3) is 0.625. The van der Waals surface area contributed by atoms with Crippen LogP contribution >= 0.6 is 0 Å². The Morgan fingerprint density at radius 1 is 1.53 bits per heavy atom. The number of aliphatic imine (C=N–C) groups is 1. The highest BCUT2D eigenvalue weighted by molar-refractivity contribution is 5.90. The SMILES string of the molecule is NC(N)=NCCC[C@@H]1NC(=O)COC1=O. The molecule has 0 unspecified atom stereocenters. The zero-order chi connectivity index (χ0) is 11.3. The van der Waals surface area contributed by atoms with E-state index in [0.717, 1.165) is 0 Å². The van der Waals surface area contributed by atoms with Crippen LogP contribution in [0.2, 0.25) is 0 Å². The summed E-state index contributed by atoms with van der Waals surface area (Å²) < 4.78 is 4.64. The van der Waals surface area contributed by atoms with E-state index in [1.165, 1.54) is 0 Å². The van der Waals surface area contributed by atoms with Crippen molar-refractivity contribution in [3.8, 4) is 0 Å². The van der Waals surface area contributed by atoms with Gasteiger partial charge in [0.1, 0.15) is 6.04 Å². The molecule has 0 saturated carbocycles. The third-order valence-electron chi connectivity index (χ3n) is 1.91. The van der Waals surface area contributed by atoms with E-state index in [4.69, 9.17) is 11.5 Å². The highest BCUT2D eigenvalue weighted by Gasteiger charge is 2.27. The van der Waals surface area contributed by atoms with E-state index in [1.807, 2.05) is 0 Å². The molecule has 0 radical (unpaired) electrons. The van der Waals surface area contributed by atoms with E-state index in [0.29, 0.717) is 19.4 Å². The summed E-state index contributed by atoms with van der Waals surface area (Å²) in [7, 11) is 0. The lowest BCUT2D eigenvalue weighted by Gasteiger charge is -2.21. The zero-order valence-electron chi connectivity index (χ0n) is 8.23. The second-order valence-electron chi connectivity index (χ2n) is 3.18. The molecule has 7 heteroatoms. The maximum absolute atomic E-state index is 11.1. The minimum atomic E-state index is -0.569. The number of hydrogen-bond donors (Lipinski definition) is 3. The normalized spacial score (nSPS) is 20.4. The van der Waals surface area contributed by atoms with Crippen LogP contribution in [0, 0.1) is 0 Å². The van der Waals surface area contributed by atoms with Crippen LogP contribution < -0.4 is 16.8 Å². The van der Waals surface area contributed by atoms with Gasteiger partial charge in [-0.1, -0.05) is 0 Å².